The van der Waals surface area contributed by atoms with E-state index >= 15 is 0 Å². The van der Waals surface area contributed by atoms with Gasteiger partial charge < -0.3 is 11.1 Å². The van der Waals surface area contributed by atoms with Crippen LogP contribution in [0.2, 0.25) is 0 Å². The minimum Gasteiger partial charge on any atom is -0.366 e. The molecule has 0 aliphatic carbocycles. The van der Waals surface area contributed by atoms with Gasteiger partial charge in [0.1, 0.15) is 5.52 Å². The summed E-state index contributed by atoms with van der Waals surface area (Å²) in [6, 6.07) is 3.75. The van der Waals surface area contributed by atoms with Gasteiger partial charge in [0, 0.05) is 21.7 Å². The van der Waals surface area contributed by atoms with E-state index in [1.54, 1.807) is 16.8 Å². The molecule has 0 saturated carbocycles. The van der Waals surface area contributed by atoms with E-state index in [4.69, 9.17) is 5.73 Å². The van der Waals surface area contributed by atoms with Crippen LogP contribution in [0.1, 0.15) is 30.1 Å². The first-order chi connectivity index (χ1) is 12.5. The highest BCUT2D eigenvalue weighted by Gasteiger charge is 2.15. The van der Waals surface area contributed by atoms with Crippen LogP contribution in [0.15, 0.2) is 48.7 Å². The lowest BCUT2D eigenvalue weighted by Gasteiger charge is -2.23. The zero-order valence-electron chi connectivity index (χ0n) is 14.8. The monoisotopic (exact) mass is 462 g/mol. The number of benzene rings is 1. The molecule has 136 valence electrons. The number of allylic oxidation sites excluding steroid dienone is 4. The molecule has 26 heavy (non-hydrogen) atoms. The number of piperidine rings is 1. The molecule has 2 aromatic rings. The lowest BCUT2D eigenvalue weighted by molar-refractivity contribution is 0.100. The van der Waals surface area contributed by atoms with E-state index in [1.807, 2.05) is 18.3 Å². The SMILES string of the molecule is C=C/C(=C\C=C(/C)C1CCCNC1)n1cc2cc(I)cc(C(N)=O)c2n1. The Morgan fingerprint density at radius 1 is 1.46 bits per heavy atom. The Morgan fingerprint density at radius 2 is 2.27 bits per heavy atom. The first kappa shape index (κ1) is 18.8. The van der Waals surface area contributed by atoms with Crippen molar-refractivity contribution in [2.45, 2.75) is 19.8 Å². The van der Waals surface area contributed by atoms with Gasteiger partial charge in [0.15, 0.2) is 0 Å². The van der Waals surface area contributed by atoms with Crippen molar-refractivity contribution in [3.05, 3.63) is 57.8 Å². The molecule has 6 heteroatoms. The molecular weight excluding hydrogens is 439 g/mol. The van der Waals surface area contributed by atoms with E-state index < -0.39 is 5.91 Å². The Morgan fingerprint density at radius 3 is 2.92 bits per heavy atom. The van der Waals surface area contributed by atoms with E-state index in [9.17, 15) is 4.79 Å². The normalized spacial score (nSPS) is 18.9. The van der Waals surface area contributed by atoms with Crippen molar-refractivity contribution in [3.63, 3.8) is 0 Å². The maximum atomic E-state index is 11.7. The van der Waals surface area contributed by atoms with Crippen LogP contribution in [0.5, 0.6) is 0 Å². The van der Waals surface area contributed by atoms with Crippen molar-refractivity contribution in [1.29, 1.82) is 0 Å². The first-order valence-corrected chi connectivity index (χ1v) is 9.78. The molecule has 0 bridgehead atoms. The molecule has 1 saturated heterocycles. The van der Waals surface area contributed by atoms with Gasteiger partial charge in [0.25, 0.3) is 5.91 Å². The van der Waals surface area contributed by atoms with Gasteiger partial charge in [-0.05, 0) is 79.1 Å². The van der Waals surface area contributed by atoms with Gasteiger partial charge in [-0.2, -0.15) is 5.10 Å². The molecule has 1 atom stereocenters. The van der Waals surface area contributed by atoms with Crippen molar-refractivity contribution in [2.75, 3.05) is 13.1 Å². The second-order valence-electron chi connectivity index (χ2n) is 6.58. The van der Waals surface area contributed by atoms with Crippen LogP contribution in [-0.2, 0) is 0 Å². The number of nitrogens with two attached hydrogens (primary N) is 1. The summed E-state index contributed by atoms with van der Waals surface area (Å²) in [5.41, 5.74) is 8.76. The molecule has 1 aliphatic heterocycles. The number of hydrogen-bond donors (Lipinski definition) is 2. The van der Waals surface area contributed by atoms with E-state index in [1.165, 1.54) is 18.4 Å². The second kappa shape index (κ2) is 8.18. The number of nitrogens with one attached hydrogen (secondary N) is 1. The Balaban J connectivity index is 1.96. The molecular formula is C20H23IN4O. The van der Waals surface area contributed by atoms with Gasteiger partial charge in [-0.15, -0.1) is 0 Å². The fourth-order valence-electron chi connectivity index (χ4n) is 3.25. The molecule has 2 heterocycles. The molecule has 1 fully saturated rings. The molecule has 0 radical (unpaired) electrons. The van der Waals surface area contributed by atoms with E-state index in [-0.39, 0.29) is 0 Å². The van der Waals surface area contributed by atoms with E-state index in [0.717, 1.165) is 27.7 Å². The predicted octanol–water partition coefficient (Wildman–Crippen LogP) is 3.71. The topological polar surface area (TPSA) is 72.9 Å². The average molecular weight is 462 g/mol. The lowest BCUT2D eigenvalue weighted by Crippen LogP contribution is -2.30. The van der Waals surface area contributed by atoms with Gasteiger partial charge in [-0.3, -0.25) is 4.79 Å². The van der Waals surface area contributed by atoms with Crippen molar-refractivity contribution < 1.29 is 4.79 Å². The molecule has 0 spiro atoms. The summed E-state index contributed by atoms with van der Waals surface area (Å²) in [4.78, 5) is 11.7. The highest BCUT2D eigenvalue weighted by atomic mass is 127. The summed E-state index contributed by atoms with van der Waals surface area (Å²) in [6.45, 7) is 8.22. The molecule has 3 rings (SSSR count). The number of carbonyl (C=O) groups excluding carboxylic acids is 1. The van der Waals surface area contributed by atoms with Crippen LogP contribution >= 0.6 is 22.6 Å². The maximum Gasteiger partial charge on any atom is 0.251 e. The van der Waals surface area contributed by atoms with Crippen LogP contribution in [0.25, 0.3) is 16.6 Å². The van der Waals surface area contributed by atoms with Gasteiger partial charge >= 0.3 is 0 Å². The molecule has 1 unspecified atom stereocenters. The number of halogens is 1. The van der Waals surface area contributed by atoms with Crippen molar-refractivity contribution in [1.82, 2.24) is 15.1 Å². The summed E-state index contributed by atoms with van der Waals surface area (Å²) in [6.07, 6.45) is 10.3. The maximum absolute atomic E-state index is 11.7. The largest absolute Gasteiger partial charge is 0.366 e. The molecule has 1 amide bonds. The number of rotatable bonds is 5. The van der Waals surface area contributed by atoms with Crippen molar-refractivity contribution in [3.8, 4) is 0 Å². The second-order valence-corrected chi connectivity index (χ2v) is 7.82. The molecule has 1 aromatic carbocycles. The van der Waals surface area contributed by atoms with Crippen molar-refractivity contribution >= 4 is 45.1 Å². The predicted molar refractivity (Wildman–Crippen MR) is 115 cm³/mol. The number of fused-ring (bicyclic) bond motifs is 1. The molecule has 3 N–H and O–H groups in total. The Bertz CT molecular complexity index is 904. The van der Waals surface area contributed by atoms with Crippen LogP contribution in [-0.4, -0.2) is 28.8 Å². The fourth-order valence-corrected chi connectivity index (χ4v) is 3.90. The zero-order chi connectivity index (χ0) is 18.7. The number of nitrogens with zero attached hydrogens (tertiary/aromatic N) is 2. The third-order valence-corrected chi connectivity index (χ3v) is 5.39. The Kier molecular flexibility index (Phi) is 5.93. The lowest BCUT2D eigenvalue weighted by atomic mass is 9.92. The highest BCUT2D eigenvalue weighted by Crippen LogP contribution is 2.23. The van der Waals surface area contributed by atoms with E-state index in [2.05, 4.69) is 52.6 Å². The van der Waals surface area contributed by atoms with Gasteiger partial charge in [-0.25, -0.2) is 4.68 Å². The van der Waals surface area contributed by atoms with E-state index in [0.29, 0.717) is 17.0 Å². The fraction of sp³-hybridized carbons (Fsp3) is 0.300. The summed E-state index contributed by atoms with van der Waals surface area (Å²) in [5.74, 6) is 0.106. The standard InChI is InChI=1S/C20H23IN4O/c1-3-17(7-6-13(2)14-5-4-8-23-11-14)25-12-15-9-16(21)10-18(20(22)26)19(15)24-25/h3,6-7,9-10,12,14,23H,1,4-5,8,11H2,2H3,(H2,22,26)/b13-6+,17-7+. The van der Waals surface area contributed by atoms with Crippen LogP contribution in [0.4, 0.5) is 0 Å². The van der Waals surface area contributed by atoms with Gasteiger partial charge in [0.2, 0.25) is 0 Å². The highest BCUT2D eigenvalue weighted by molar-refractivity contribution is 14.1. The smallest absolute Gasteiger partial charge is 0.251 e. The van der Waals surface area contributed by atoms with Gasteiger partial charge in [-0.1, -0.05) is 18.2 Å². The number of carbonyl (C=O) groups is 1. The molecule has 1 aliphatic rings. The number of primary amides is 1. The Labute approximate surface area is 167 Å². The third-order valence-electron chi connectivity index (χ3n) is 4.77. The number of amides is 1. The van der Waals surface area contributed by atoms with Crippen LogP contribution in [0, 0.1) is 9.49 Å². The Hall–Kier alpha value is -1.93. The van der Waals surface area contributed by atoms with Gasteiger partial charge in [0.05, 0.1) is 11.3 Å². The number of hydrogen-bond acceptors (Lipinski definition) is 3. The summed E-state index contributed by atoms with van der Waals surface area (Å²) in [5, 5.41) is 8.90. The number of aromatic nitrogens is 2. The third kappa shape index (κ3) is 4.07. The molecule has 1 aromatic heterocycles. The van der Waals surface area contributed by atoms with Crippen LogP contribution in [0.3, 0.4) is 0 Å². The zero-order valence-corrected chi connectivity index (χ0v) is 17.0. The minimum absolute atomic E-state index is 0.439. The minimum atomic E-state index is -0.469. The average Bonchev–Trinajstić information content (AvgIpc) is 3.05. The summed E-state index contributed by atoms with van der Waals surface area (Å²) >= 11 is 2.18. The molecule has 5 nitrogen and oxygen atoms in total. The van der Waals surface area contributed by atoms with Crippen LogP contribution < -0.4 is 11.1 Å². The first-order valence-electron chi connectivity index (χ1n) is 8.70. The quantitative estimate of drug-likeness (QED) is 0.526. The summed E-state index contributed by atoms with van der Waals surface area (Å²) < 4.78 is 2.71. The van der Waals surface area contributed by atoms with Crippen molar-refractivity contribution in [2.24, 2.45) is 11.7 Å². The summed E-state index contributed by atoms with van der Waals surface area (Å²) in [7, 11) is 0.